The van der Waals surface area contributed by atoms with Crippen LogP contribution in [0.15, 0.2) is 0 Å². The molecule has 2 aliphatic heterocycles. The van der Waals surface area contributed by atoms with Gasteiger partial charge in [-0.25, -0.2) is 0 Å². The lowest BCUT2D eigenvalue weighted by Crippen LogP contribution is -2.48. The zero-order valence-electron chi connectivity index (χ0n) is 20.9. The van der Waals surface area contributed by atoms with Gasteiger partial charge in [-0.15, -0.1) is 0 Å². The van der Waals surface area contributed by atoms with Crippen LogP contribution < -0.4 is 0 Å². The van der Waals surface area contributed by atoms with Crippen molar-refractivity contribution in [2.24, 2.45) is 35.0 Å². The van der Waals surface area contributed by atoms with Crippen molar-refractivity contribution >= 4 is 23.3 Å². The highest BCUT2D eigenvalue weighted by atomic mass is 16.2. The third-order valence-electron chi connectivity index (χ3n) is 9.20. The molecule has 4 rings (SSSR count). The van der Waals surface area contributed by atoms with Gasteiger partial charge in [0, 0.05) is 31.2 Å². The molecule has 2 saturated carbocycles. The van der Waals surface area contributed by atoms with Crippen molar-refractivity contribution in [3.05, 3.63) is 0 Å². The van der Waals surface area contributed by atoms with Crippen molar-refractivity contribution < 1.29 is 19.2 Å². The molecule has 0 bridgehead atoms. The minimum absolute atomic E-state index is 0.0123. The summed E-state index contributed by atoms with van der Waals surface area (Å²) in [6, 6.07) is -0.415. The van der Waals surface area contributed by atoms with Gasteiger partial charge in [0.05, 0.1) is 6.04 Å². The maximum atomic E-state index is 13.7. The van der Waals surface area contributed by atoms with Crippen LogP contribution in [0.3, 0.4) is 0 Å². The molecule has 0 aromatic carbocycles. The van der Waals surface area contributed by atoms with Crippen molar-refractivity contribution in [3.8, 4) is 0 Å². The number of ketones is 3. The first kappa shape index (κ1) is 24.6. The van der Waals surface area contributed by atoms with E-state index in [1.165, 1.54) is 12.8 Å². The number of hydrogen-bond acceptors (Lipinski definition) is 4. The van der Waals surface area contributed by atoms with Gasteiger partial charge < -0.3 is 4.90 Å². The van der Waals surface area contributed by atoms with E-state index in [-0.39, 0.29) is 46.9 Å². The summed E-state index contributed by atoms with van der Waals surface area (Å²) in [6.07, 6.45) is 11.7. The average Bonchev–Trinajstić information content (AvgIpc) is 3.62. The zero-order chi connectivity index (χ0) is 23.8. The van der Waals surface area contributed by atoms with Crippen LogP contribution in [0.4, 0.5) is 0 Å². The Balaban J connectivity index is 1.52. The van der Waals surface area contributed by atoms with E-state index in [0.29, 0.717) is 31.2 Å². The van der Waals surface area contributed by atoms with Gasteiger partial charge in [0.15, 0.2) is 11.6 Å². The average molecular weight is 458 g/mol. The number of amides is 1. The summed E-state index contributed by atoms with van der Waals surface area (Å²) in [5.41, 5.74) is 0.0719. The highest BCUT2D eigenvalue weighted by molar-refractivity contribution is 6.38. The van der Waals surface area contributed by atoms with Crippen molar-refractivity contribution in [2.45, 2.75) is 110 Å². The minimum atomic E-state index is -0.507. The Morgan fingerprint density at radius 1 is 0.909 bits per heavy atom. The summed E-state index contributed by atoms with van der Waals surface area (Å²) in [5, 5.41) is 0. The second kappa shape index (κ2) is 10.00. The summed E-state index contributed by atoms with van der Waals surface area (Å²) < 4.78 is 0. The number of nitrogens with zero attached hydrogens (tertiary/aromatic N) is 1. The van der Waals surface area contributed by atoms with Gasteiger partial charge in [0.2, 0.25) is 11.7 Å². The molecule has 5 heteroatoms. The van der Waals surface area contributed by atoms with E-state index in [1.807, 2.05) is 11.8 Å². The van der Waals surface area contributed by atoms with Gasteiger partial charge in [-0.1, -0.05) is 65.7 Å². The van der Waals surface area contributed by atoms with E-state index >= 15 is 0 Å². The van der Waals surface area contributed by atoms with Crippen molar-refractivity contribution in [3.63, 3.8) is 0 Å². The summed E-state index contributed by atoms with van der Waals surface area (Å²) in [5.74, 6) is -0.115. The molecular weight excluding hydrogens is 414 g/mol. The van der Waals surface area contributed by atoms with Gasteiger partial charge >= 0.3 is 0 Å². The number of carbonyl (C=O) groups excluding carboxylic acids is 4. The number of carbonyl (C=O) groups is 4. The summed E-state index contributed by atoms with van der Waals surface area (Å²) >= 11 is 0. The number of rotatable bonds is 4. The molecule has 184 valence electrons. The molecule has 33 heavy (non-hydrogen) atoms. The molecule has 0 aromatic rings. The Hall–Kier alpha value is -1.52. The molecule has 5 nitrogen and oxygen atoms in total. The second-order valence-corrected chi connectivity index (χ2v) is 12.1. The topological polar surface area (TPSA) is 71.5 Å². The van der Waals surface area contributed by atoms with Crippen molar-refractivity contribution in [2.75, 3.05) is 6.54 Å². The molecule has 1 amide bonds. The Kier molecular flexibility index (Phi) is 7.45. The van der Waals surface area contributed by atoms with Crippen LogP contribution in [0, 0.1) is 35.0 Å². The first-order valence-corrected chi connectivity index (χ1v) is 13.6. The SMILES string of the molecule is C[C@H]1CCCCCCCCC[C@@H](C(=O)C(=O)CC2CC2)CC(=O)[C@@H]2[C@@H]3[C@H](CN2C1=O)C3(C)C. The summed E-state index contributed by atoms with van der Waals surface area (Å²) in [6.45, 7) is 7.06. The molecule has 5 atom stereocenters. The molecular formula is C28H43NO4. The molecule has 0 aromatic heterocycles. The van der Waals surface area contributed by atoms with Crippen LogP contribution >= 0.6 is 0 Å². The van der Waals surface area contributed by atoms with E-state index in [9.17, 15) is 19.2 Å². The third kappa shape index (κ3) is 5.43. The summed E-state index contributed by atoms with van der Waals surface area (Å²) in [4.78, 5) is 54.6. The minimum Gasteiger partial charge on any atom is -0.332 e. The third-order valence-corrected chi connectivity index (χ3v) is 9.20. The first-order chi connectivity index (χ1) is 15.7. The number of fused-ring (bicyclic) bond motifs is 3. The van der Waals surface area contributed by atoms with Crippen LogP contribution in [0.5, 0.6) is 0 Å². The van der Waals surface area contributed by atoms with E-state index < -0.39 is 12.0 Å². The number of piperidine rings is 1. The molecule has 0 spiro atoms. The second-order valence-electron chi connectivity index (χ2n) is 12.1. The van der Waals surface area contributed by atoms with Gasteiger partial charge in [0.25, 0.3) is 0 Å². The van der Waals surface area contributed by atoms with Crippen LogP contribution in [-0.2, 0) is 19.2 Å². The van der Waals surface area contributed by atoms with Gasteiger partial charge in [-0.2, -0.15) is 0 Å². The fraction of sp³-hybridized carbons (Fsp3) is 0.857. The predicted molar refractivity (Wildman–Crippen MR) is 127 cm³/mol. The molecule has 0 N–H and O–H groups in total. The monoisotopic (exact) mass is 457 g/mol. The van der Waals surface area contributed by atoms with E-state index in [0.717, 1.165) is 51.4 Å². The molecule has 2 aliphatic carbocycles. The van der Waals surface area contributed by atoms with E-state index in [1.54, 1.807) is 0 Å². The van der Waals surface area contributed by atoms with Crippen molar-refractivity contribution in [1.82, 2.24) is 4.90 Å². The fourth-order valence-electron chi connectivity index (χ4n) is 6.62. The maximum absolute atomic E-state index is 13.7. The number of hydrogen-bond donors (Lipinski definition) is 0. The molecule has 2 heterocycles. The smallest absolute Gasteiger partial charge is 0.226 e. The highest BCUT2D eigenvalue weighted by Gasteiger charge is 2.69. The highest BCUT2D eigenvalue weighted by Crippen LogP contribution is 2.65. The zero-order valence-corrected chi connectivity index (χ0v) is 20.9. The lowest BCUT2D eigenvalue weighted by atomic mass is 9.85. The Bertz CT molecular complexity index is 783. The van der Waals surface area contributed by atoms with Crippen LogP contribution in [0.2, 0.25) is 0 Å². The maximum Gasteiger partial charge on any atom is 0.226 e. The molecule has 2 saturated heterocycles. The van der Waals surface area contributed by atoms with Gasteiger partial charge in [-0.05, 0) is 48.9 Å². The molecule has 0 radical (unpaired) electrons. The molecule has 4 fully saturated rings. The quantitative estimate of drug-likeness (QED) is 0.548. The van der Waals surface area contributed by atoms with Gasteiger partial charge in [0.1, 0.15) is 0 Å². The lowest BCUT2D eigenvalue weighted by molar-refractivity contribution is -0.144. The largest absolute Gasteiger partial charge is 0.332 e. The first-order valence-electron chi connectivity index (χ1n) is 13.6. The Morgan fingerprint density at radius 3 is 2.15 bits per heavy atom. The van der Waals surface area contributed by atoms with Crippen molar-refractivity contribution in [1.29, 1.82) is 0 Å². The number of Topliss-reactive ketones (excluding diaryl/α,β-unsaturated/α-hetero) is 3. The lowest BCUT2D eigenvalue weighted by Gasteiger charge is -2.32. The van der Waals surface area contributed by atoms with Crippen LogP contribution in [0.1, 0.15) is 104 Å². The predicted octanol–water partition coefficient (Wildman–Crippen LogP) is 5.14. The van der Waals surface area contributed by atoms with E-state index in [2.05, 4.69) is 13.8 Å². The van der Waals surface area contributed by atoms with Gasteiger partial charge in [-0.3, -0.25) is 19.2 Å². The Labute approximate surface area is 199 Å². The molecule has 4 aliphatic rings. The summed E-state index contributed by atoms with van der Waals surface area (Å²) in [7, 11) is 0. The Morgan fingerprint density at radius 2 is 1.52 bits per heavy atom. The standard InChI is InChI=1S/C28H43NO4/c1-18-11-9-7-5-4-6-8-10-12-20(26(32)23(31)15-19-13-14-19)16-22(30)25-24-21(28(24,2)3)17-29(25)27(18)33/h18-21,24-25H,4-17H2,1-3H3/t18-,20+,21-,24-,25+/m0/s1. The molecule has 0 unspecified atom stereocenters. The van der Waals surface area contributed by atoms with Crippen LogP contribution in [-0.4, -0.2) is 40.7 Å². The fourth-order valence-corrected chi connectivity index (χ4v) is 6.62. The van der Waals surface area contributed by atoms with Crippen LogP contribution in [0.25, 0.3) is 0 Å². The normalized spacial score (nSPS) is 35.6. The van der Waals surface area contributed by atoms with E-state index in [4.69, 9.17) is 0 Å².